The highest BCUT2D eigenvalue weighted by atomic mass is 28.4. The first-order valence-corrected chi connectivity index (χ1v) is 11.9. The van der Waals surface area contributed by atoms with Crippen molar-refractivity contribution in [2.24, 2.45) is 0 Å². The summed E-state index contributed by atoms with van der Waals surface area (Å²) in [7, 11) is -1.72. The van der Waals surface area contributed by atoms with E-state index in [4.69, 9.17) is 18.6 Å². The summed E-state index contributed by atoms with van der Waals surface area (Å²) in [6.07, 6.45) is 2.53. The van der Waals surface area contributed by atoms with E-state index in [1.165, 1.54) is 6.92 Å². The maximum absolute atomic E-state index is 10.9. The Labute approximate surface area is 148 Å². The smallest absolute Gasteiger partial charge is 0.302 e. The van der Waals surface area contributed by atoms with E-state index in [1.54, 1.807) is 0 Å². The second kappa shape index (κ2) is 8.30. The minimum Gasteiger partial charge on any atom is -0.466 e. The van der Waals surface area contributed by atoms with Gasteiger partial charge in [-0.05, 0) is 38.4 Å². The fourth-order valence-electron chi connectivity index (χ4n) is 2.57. The van der Waals surface area contributed by atoms with Crippen LogP contribution in [0, 0.1) is 0 Å². The molecule has 0 aromatic rings. The second-order valence-corrected chi connectivity index (χ2v) is 13.5. The van der Waals surface area contributed by atoms with Crippen molar-refractivity contribution < 1.29 is 23.4 Å². The number of carbonyl (C=O) groups is 1. The molecular formula is C18H36O5Si. The minimum absolute atomic E-state index is 0.0472. The van der Waals surface area contributed by atoms with E-state index >= 15 is 0 Å². The third-order valence-electron chi connectivity index (χ3n) is 4.88. The molecule has 6 heteroatoms. The molecule has 0 radical (unpaired) electrons. The standard InChI is InChI=1S/C18H36O5Si/c1-14(19)20-11-9-15-13-16(23-18(5,6)22-15)10-12-21-24(7,8)17(2,3)4/h15-16H,9-13H2,1-8H3/t15-,16+/m1/s1. The van der Waals surface area contributed by atoms with Crippen molar-refractivity contribution >= 4 is 14.3 Å². The minimum atomic E-state index is -1.72. The van der Waals surface area contributed by atoms with Gasteiger partial charge in [0.05, 0.1) is 18.8 Å². The van der Waals surface area contributed by atoms with Gasteiger partial charge in [0.25, 0.3) is 0 Å². The summed E-state index contributed by atoms with van der Waals surface area (Å²) in [5.74, 6) is -0.860. The molecule has 2 atom stereocenters. The third-order valence-corrected chi connectivity index (χ3v) is 9.42. The van der Waals surface area contributed by atoms with Crippen LogP contribution in [0.4, 0.5) is 0 Å². The zero-order chi connectivity index (χ0) is 18.6. The zero-order valence-electron chi connectivity index (χ0n) is 16.7. The van der Waals surface area contributed by atoms with Crippen LogP contribution in [0.5, 0.6) is 0 Å². The normalized spacial score (nSPS) is 24.7. The Morgan fingerprint density at radius 2 is 1.62 bits per heavy atom. The van der Waals surface area contributed by atoms with Crippen LogP contribution in [0.3, 0.4) is 0 Å². The number of esters is 1. The van der Waals surface area contributed by atoms with Crippen molar-refractivity contribution in [1.29, 1.82) is 0 Å². The van der Waals surface area contributed by atoms with Gasteiger partial charge in [0.1, 0.15) is 0 Å². The van der Waals surface area contributed by atoms with Crippen LogP contribution in [0.25, 0.3) is 0 Å². The van der Waals surface area contributed by atoms with Crippen LogP contribution in [0.15, 0.2) is 0 Å². The van der Waals surface area contributed by atoms with Gasteiger partial charge in [-0.15, -0.1) is 0 Å². The van der Waals surface area contributed by atoms with Crippen molar-refractivity contribution in [3.8, 4) is 0 Å². The molecule has 1 saturated heterocycles. The average Bonchev–Trinajstić information content (AvgIpc) is 2.34. The fourth-order valence-corrected chi connectivity index (χ4v) is 3.63. The van der Waals surface area contributed by atoms with Gasteiger partial charge in [-0.25, -0.2) is 0 Å². The van der Waals surface area contributed by atoms with Gasteiger partial charge in [0.2, 0.25) is 0 Å². The van der Waals surface area contributed by atoms with Gasteiger partial charge < -0.3 is 18.6 Å². The van der Waals surface area contributed by atoms with Crippen molar-refractivity contribution in [2.75, 3.05) is 13.2 Å². The van der Waals surface area contributed by atoms with E-state index in [2.05, 4.69) is 33.9 Å². The summed E-state index contributed by atoms with van der Waals surface area (Å²) in [6.45, 7) is 17.7. The SMILES string of the molecule is CC(=O)OCC[C@@H]1C[C@H](CCO[Si](C)(C)C(C)(C)C)OC(C)(C)O1. The highest BCUT2D eigenvalue weighted by molar-refractivity contribution is 6.74. The van der Waals surface area contributed by atoms with Crippen LogP contribution in [0.2, 0.25) is 18.1 Å². The molecule has 0 aromatic heterocycles. The number of hydrogen-bond acceptors (Lipinski definition) is 5. The molecule has 0 amide bonds. The first-order chi connectivity index (χ1) is 10.8. The van der Waals surface area contributed by atoms with E-state index in [1.807, 2.05) is 13.8 Å². The molecule has 0 saturated carbocycles. The monoisotopic (exact) mass is 360 g/mol. The van der Waals surface area contributed by atoms with Crippen molar-refractivity contribution in [1.82, 2.24) is 0 Å². The second-order valence-electron chi connectivity index (χ2n) is 8.64. The molecule has 5 nitrogen and oxygen atoms in total. The first-order valence-electron chi connectivity index (χ1n) is 8.95. The Balaban J connectivity index is 2.47. The van der Waals surface area contributed by atoms with Crippen LogP contribution in [0.1, 0.15) is 60.8 Å². The Hall–Kier alpha value is -0.433. The molecule has 0 spiro atoms. The molecule has 1 rings (SSSR count). The molecule has 1 fully saturated rings. The van der Waals surface area contributed by atoms with E-state index in [0.29, 0.717) is 19.6 Å². The molecular weight excluding hydrogens is 324 g/mol. The van der Waals surface area contributed by atoms with E-state index in [9.17, 15) is 4.79 Å². The van der Waals surface area contributed by atoms with Gasteiger partial charge in [-0.3, -0.25) is 4.79 Å². The Morgan fingerprint density at radius 1 is 1.12 bits per heavy atom. The number of carbonyl (C=O) groups excluding carboxylic acids is 1. The Bertz CT molecular complexity index is 414. The summed E-state index contributed by atoms with van der Waals surface area (Å²) < 4.78 is 23.3. The Morgan fingerprint density at radius 3 is 2.08 bits per heavy atom. The molecule has 0 N–H and O–H groups in total. The number of ether oxygens (including phenoxy) is 3. The number of hydrogen-bond donors (Lipinski definition) is 0. The molecule has 1 aliphatic rings. The van der Waals surface area contributed by atoms with E-state index < -0.39 is 14.1 Å². The van der Waals surface area contributed by atoms with Crippen molar-refractivity contribution in [3.63, 3.8) is 0 Å². The van der Waals surface area contributed by atoms with Gasteiger partial charge in [-0.2, -0.15) is 0 Å². The fraction of sp³-hybridized carbons (Fsp3) is 0.944. The quantitative estimate of drug-likeness (QED) is 0.501. The summed E-state index contributed by atoms with van der Waals surface area (Å²) in [6, 6.07) is 0. The molecule has 1 aliphatic heterocycles. The van der Waals surface area contributed by atoms with Crippen LogP contribution in [-0.4, -0.2) is 45.5 Å². The zero-order valence-corrected chi connectivity index (χ0v) is 17.7. The molecule has 0 unspecified atom stereocenters. The first kappa shape index (κ1) is 21.6. The lowest BCUT2D eigenvalue weighted by Crippen LogP contribution is -2.46. The van der Waals surface area contributed by atoms with E-state index in [-0.39, 0.29) is 23.2 Å². The summed E-state index contributed by atoms with van der Waals surface area (Å²) in [4.78, 5) is 10.9. The van der Waals surface area contributed by atoms with E-state index in [0.717, 1.165) is 12.8 Å². The molecule has 24 heavy (non-hydrogen) atoms. The number of rotatable bonds is 7. The predicted octanol–water partition coefficient (Wildman–Crippen LogP) is 4.26. The highest BCUT2D eigenvalue weighted by Crippen LogP contribution is 2.37. The van der Waals surface area contributed by atoms with Crippen molar-refractivity contribution in [3.05, 3.63) is 0 Å². The lowest BCUT2D eigenvalue weighted by molar-refractivity contribution is -0.302. The topological polar surface area (TPSA) is 54.0 Å². The Kier molecular flexibility index (Phi) is 7.47. The average molecular weight is 361 g/mol. The van der Waals surface area contributed by atoms with Crippen LogP contribution < -0.4 is 0 Å². The van der Waals surface area contributed by atoms with Gasteiger partial charge >= 0.3 is 5.97 Å². The predicted molar refractivity (Wildman–Crippen MR) is 97.5 cm³/mol. The van der Waals surface area contributed by atoms with Crippen LogP contribution in [-0.2, 0) is 23.4 Å². The maximum atomic E-state index is 10.9. The van der Waals surface area contributed by atoms with Gasteiger partial charge in [0, 0.05) is 26.4 Å². The third kappa shape index (κ3) is 7.21. The van der Waals surface area contributed by atoms with Gasteiger partial charge in [0.15, 0.2) is 14.1 Å². The van der Waals surface area contributed by atoms with Gasteiger partial charge in [-0.1, -0.05) is 20.8 Å². The maximum Gasteiger partial charge on any atom is 0.302 e. The molecule has 0 aliphatic carbocycles. The summed E-state index contributed by atoms with van der Waals surface area (Å²) >= 11 is 0. The lowest BCUT2D eigenvalue weighted by Gasteiger charge is -2.41. The molecule has 142 valence electrons. The van der Waals surface area contributed by atoms with Crippen molar-refractivity contribution in [2.45, 2.75) is 96.9 Å². The summed E-state index contributed by atoms with van der Waals surface area (Å²) in [5, 5.41) is 0.218. The largest absolute Gasteiger partial charge is 0.466 e. The molecule has 0 aromatic carbocycles. The summed E-state index contributed by atoms with van der Waals surface area (Å²) in [5.41, 5.74) is 0. The lowest BCUT2D eigenvalue weighted by atomic mass is 10.0. The van der Waals surface area contributed by atoms with Crippen LogP contribution >= 0.6 is 0 Å². The highest BCUT2D eigenvalue weighted by Gasteiger charge is 2.38. The molecule has 1 heterocycles. The molecule has 0 bridgehead atoms.